The van der Waals surface area contributed by atoms with E-state index in [4.69, 9.17) is 9.05 Å². The molecular weight excluding hydrogens is 179 g/mol. The Labute approximate surface area is 71.4 Å². The van der Waals surface area contributed by atoms with Gasteiger partial charge >= 0.3 is 7.60 Å². The minimum absolute atomic E-state index is 0.0664. The number of aliphatic hydroxyl groups excluding tert-OH is 1. The van der Waals surface area contributed by atoms with Gasteiger partial charge in [-0.25, -0.2) is 0 Å². The Balaban J connectivity index is 2.11. The smallest absolute Gasteiger partial charge is 0.328 e. The molecule has 70 valence electrons. The van der Waals surface area contributed by atoms with Crippen molar-refractivity contribution in [3.05, 3.63) is 0 Å². The molecule has 0 radical (unpaired) electrons. The number of hydrogen-bond acceptors (Lipinski definition) is 4. The lowest BCUT2D eigenvalue weighted by molar-refractivity contribution is -0.0495. The van der Waals surface area contributed by atoms with Gasteiger partial charge in [0.1, 0.15) is 0 Å². The Bertz CT molecular complexity index is 207. The van der Waals surface area contributed by atoms with Crippen molar-refractivity contribution in [3.8, 4) is 0 Å². The highest BCUT2D eigenvalue weighted by Crippen LogP contribution is 2.54. The molecule has 12 heavy (non-hydrogen) atoms. The molecule has 1 heterocycles. The molecule has 1 saturated carbocycles. The molecule has 1 N–H and O–H groups in total. The van der Waals surface area contributed by atoms with Crippen molar-refractivity contribution in [2.24, 2.45) is 0 Å². The molecule has 0 spiro atoms. The van der Waals surface area contributed by atoms with Crippen LogP contribution in [0.1, 0.15) is 19.3 Å². The Morgan fingerprint density at radius 3 is 2.25 bits per heavy atom. The average Bonchev–Trinajstić information content (AvgIpc) is 1.78. The van der Waals surface area contributed by atoms with Crippen LogP contribution in [0.4, 0.5) is 0 Å². The van der Waals surface area contributed by atoms with Crippen LogP contribution in [0, 0.1) is 0 Å². The van der Waals surface area contributed by atoms with Crippen molar-refractivity contribution < 1.29 is 18.7 Å². The summed E-state index contributed by atoms with van der Waals surface area (Å²) < 4.78 is 21.8. The fourth-order valence-corrected chi connectivity index (χ4v) is 3.40. The van der Waals surface area contributed by atoms with Gasteiger partial charge in [0, 0.05) is 25.9 Å². The quantitative estimate of drug-likeness (QED) is 0.584. The van der Waals surface area contributed by atoms with E-state index in [1.165, 1.54) is 6.66 Å². The predicted molar refractivity (Wildman–Crippen MR) is 43.1 cm³/mol. The van der Waals surface area contributed by atoms with Crippen molar-refractivity contribution in [2.75, 3.05) is 6.66 Å². The third-order valence-corrected chi connectivity index (χ3v) is 3.64. The largest absolute Gasteiger partial charge is 0.393 e. The van der Waals surface area contributed by atoms with Crippen molar-refractivity contribution >= 4 is 7.60 Å². The molecule has 2 fully saturated rings. The first-order valence-electron chi connectivity index (χ1n) is 4.17. The first kappa shape index (κ1) is 8.70. The molecule has 2 rings (SSSR count). The summed E-state index contributed by atoms with van der Waals surface area (Å²) in [6.07, 6.45) is 1.48. The summed E-state index contributed by atoms with van der Waals surface area (Å²) in [4.78, 5) is 0. The second kappa shape index (κ2) is 2.81. The molecule has 0 aromatic heterocycles. The summed E-state index contributed by atoms with van der Waals surface area (Å²) in [6, 6.07) is 0. The lowest BCUT2D eigenvalue weighted by Crippen LogP contribution is -2.38. The fourth-order valence-electron chi connectivity index (χ4n) is 1.93. The fraction of sp³-hybridized carbons (Fsp3) is 1.00. The van der Waals surface area contributed by atoms with Crippen LogP contribution < -0.4 is 0 Å². The van der Waals surface area contributed by atoms with Gasteiger partial charge in [-0.2, -0.15) is 0 Å². The Hall–Kier alpha value is 0.110. The van der Waals surface area contributed by atoms with E-state index in [-0.39, 0.29) is 18.3 Å². The number of rotatable bonds is 0. The van der Waals surface area contributed by atoms with Gasteiger partial charge in [0.2, 0.25) is 0 Å². The number of aliphatic hydroxyl groups is 1. The molecule has 2 bridgehead atoms. The maximum absolute atomic E-state index is 11.4. The summed E-state index contributed by atoms with van der Waals surface area (Å²) in [5, 5.41) is 9.34. The van der Waals surface area contributed by atoms with E-state index < -0.39 is 7.60 Å². The van der Waals surface area contributed by atoms with Gasteiger partial charge in [-0.1, -0.05) is 0 Å². The molecule has 0 amide bonds. The molecule has 0 aromatic rings. The molecule has 4 nitrogen and oxygen atoms in total. The van der Waals surface area contributed by atoms with Gasteiger partial charge in [-0.3, -0.25) is 4.57 Å². The van der Waals surface area contributed by atoms with Gasteiger partial charge in [0.05, 0.1) is 18.3 Å². The Kier molecular flexibility index (Phi) is 2.04. The normalized spacial score (nSPS) is 53.7. The van der Waals surface area contributed by atoms with Crippen molar-refractivity contribution in [3.63, 3.8) is 0 Å². The van der Waals surface area contributed by atoms with Crippen LogP contribution in [0.15, 0.2) is 0 Å². The summed E-state index contributed by atoms with van der Waals surface area (Å²) in [5.74, 6) is 0. The van der Waals surface area contributed by atoms with Gasteiger partial charge in [-0.15, -0.1) is 0 Å². The van der Waals surface area contributed by atoms with E-state index in [9.17, 15) is 9.67 Å². The van der Waals surface area contributed by atoms with Crippen LogP contribution in [-0.4, -0.2) is 30.1 Å². The van der Waals surface area contributed by atoms with Crippen molar-refractivity contribution in [2.45, 2.75) is 37.6 Å². The standard InChI is InChI=1S/C7H13O4P/c1-12(9)10-6-2-5(8)3-7(4-6)11-12/h5-8H,2-4H2,1H3. The summed E-state index contributed by atoms with van der Waals surface area (Å²) >= 11 is 0. The lowest BCUT2D eigenvalue weighted by Gasteiger charge is -2.39. The molecule has 2 aliphatic rings. The van der Waals surface area contributed by atoms with Crippen LogP contribution in [0.25, 0.3) is 0 Å². The number of hydrogen-bond donors (Lipinski definition) is 1. The molecule has 2 unspecified atom stereocenters. The molecule has 1 aliphatic carbocycles. The SMILES string of the molecule is CP1(=O)OC2CC(O)CC(C2)O1. The highest BCUT2D eigenvalue weighted by Gasteiger charge is 2.40. The second-order valence-corrected chi connectivity index (χ2v) is 5.55. The van der Waals surface area contributed by atoms with E-state index >= 15 is 0 Å². The van der Waals surface area contributed by atoms with Gasteiger partial charge in [0.15, 0.2) is 0 Å². The Morgan fingerprint density at radius 2 is 1.75 bits per heavy atom. The van der Waals surface area contributed by atoms with E-state index in [1.54, 1.807) is 0 Å². The van der Waals surface area contributed by atoms with Crippen LogP contribution in [0.3, 0.4) is 0 Å². The molecule has 1 saturated heterocycles. The Morgan fingerprint density at radius 1 is 1.25 bits per heavy atom. The molecule has 2 atom stereocenters. The van der Waals surface area contributed by atoms with Crippen LogP contribution in [0.2, 0.25) is 0 Å². The van der Waals surface area contributed by atoms with Crippen LogP contribution in [0.5, 0.6) is 0 Å². The van der Waals surface area contributed by atoms with E-state index in [1.807, 2.05) is 0 Å². The van der Waals surface area contributed by atoms with Crippen molar-refractivity contribution in [1.29, 1.82) is 0 Å². The molecule has 0 aromatic carbocycles. The maximum Gasteiger partial charge on any atom is 0.328 e. The number of fused-ring (bicyclic) bond motifs is 2. The summed E-state index contributed by atoms with van der Waals surface area (Å²) in [6.45, 7) is 1.49. The monoisotopic (exact) mass is 192 g/mol. The zero-order valence-corrected chi connectivity index (χ0v) is 7.87. The summed E-state index contributed by atoms with van der Waals surface area (Å²) in [5.41, 5.74) is 0. The zero-order valence-electron chi connectivity index (χ0n) is 6.97. The van der Waals surface area contributed by atoms with Gasteiger partial charge in [0.25, 0.3) is 0 Å². The third kappa shape index (κ3) is 1.72. The van der Waals surface area contributed by atoms with E-state index in [0.29, 0.717) is 12.8 Å². The van der Waals surface area contributed by atoms with E-state index in [0.717, 1.165) is 6.42 Å². The molecule has 1 aliphatic heterocycles. The maximum atomic E-state index is 11.4. The van der Waals surface area contributed by atoms with E-state index in [2.05, 4.69) is 0 Å². The van der Waals surface area contributed by atoms with Gasteiger partial charge in [-0.05, 0) is 0 Å². The summed E-state index contributed by atoms with van der Waals surface area (Å²) in [7, 11) is -2.80. The molecular formula is C7H13O4P. The van der Waals surface area contributed by atoms with Gasteiger partial charge < -0.3 is 14.2 Å². The first-order chi connectivity index (χ1) is 5.55. The topological polar surface area (TPSA) is 55.8 Å². The molecule has 5 heteroatoms. The minimum Gasteiger partial charge on any atom is -0.393 e. The first-order valence-corrected chi connectivity index (χ1v) is 6.16. The van der Waals surface area contributed by atoms with Crippen LogP contribution >= 0.6 is 7.60 Å². The van der Waals surface area contributed by atoms with Crippen LogP contribution in [-0.2, 0) is 13.6 Å². The zero-order chi connectivity index (χ0) is 8.77. The average molecular weight is 192 g/mol. The third-order valence-electron chi connectivity index (χ3n) is 2.28. The highest BCUT2D eigenvalue weighted by molar-refractivity contribution is 7.53. The van der Waals surface area contributed by atoms with Crippen molar-refractivity contribution in [1.82, 2.24) is 0 Å². The second-order valence-electron chi connectivity index (χ2n) is 3.59. The predicted octanol–water partition coefficient (Wildman–Crippen LogP) is 1.14. The highest BCUT2D eigenvalue weighted by atomic mass is 31.2. The lowest BCUT2D eigenvalue weighted by atomic mass is 9.93. The minimum atomic E-state index is -2.80.